The second kappa shape index (κ2) is 9.74. The zero-order valence-electron chi connectivity index (χ0n) is 19.3. The normalized spacial score (nSPS) is 14.0. The predicted molar refractivity (Wildman–Crippen MR) is 134 cm³/mol. The van der Waals surface area contributed by atoms with E-state index in [1.54, 1.807) is 0 Å². The Balaban J connectivity index is 1.63. The first kappa shape index (κ1) is 22.3. The number of anilines is 3. The van der Waals surface area contributed by atoms with Crippen LogP contribution in [0.5, 0.6) is 0 Å². The van der Waals surface area contributed by atoms with Gasteiger partial charge in [-0.25, -0.2) is 0 Å². The van der Waals surface area contributed by atoms with E-state index in [-0.39, 0.29) is 0 Å². The zero-order chi connectivity index (χ0) is 22.7. The molecule has 0 amide bonds. The minimum atomic E-state index is 0.737. The molecule has 3 aromatic rings. The Bertz CT molecular complexity index is 1050. The summed E-state index contributed by atoms with van der Waals surface area (Å²) in [6.45, 7) is 13.7. The summed E-state index contributed by atoms with van der Waals surface area (Å²) < 4.78 is 0. The van der Waals surface area contributed by atoms with Crippen molar-refractivity contribution in [1.29, 1.82) is 0 Å². The summed E-state index contributed by atoms with van der Waals surface area (Å²) >= 11 is 6.19. The van der Waals surface area contributed by atoms with Gasteiger partial charge < -0.3 is 14.7 Å². The SMILES string of the molecule is CCN(CC)c1nc(-c2cc(C)cc(C)c2)nc(N2CCN(c3cccc(Cl)c3)CC2)n1. The van der Waals surface area contributed by atoms with Gasteiger partial charge in [-0.3, -0.25) is 0 Å². The third-order valence-electron chi connectivity index (χ3n) is 5.87. The molecule has 0 aliphatic carbocycles. The van der Waals surface area contributed by atoms with Gasteiger partial charge in [-0.15, -0.1) is 0 Å². The number of aromatic nitrogens is 3. The number of hydrogen-bond acceptors (Lipinski definition) is 6. The van der Waals surface area contributed by atoms with Crippen LogP contribution in [0.15, 0.2) is 42.5 Å². The molecule has 0 atom stereocenters. The summed E-state index contributed by atoms with van der Waals surface area (Å²) in [7, 11) is 0. The maximum atomic E-state index is 6.19. The molecule has 1 aliphatic rings. The first-order valence-corrected chi connectivity index (χ1v) is 11.7. The van der Waals surface area contributed by atoms with Crippen molar-refractivity contribution in [3.05, 3.63) is 58.6 Å². The highest BCUT2D eigenvalue weighted by atomic mass is 35.5. The largest absolute Gasteiger partial charge is 0.368 e. The summed E-state index contributed by atoms with van der Waals surface area (Å²) in [5.74, 6) is 2.23. The van der Waals surface area contributed by atoms with Crippen molar-refractivity contribution in [2.75, 3.05) is 54.0 Å². The minimum Gasteiger partial charge on any atom is -0.368 e. The molecule has 0 radical (unpaired) electrons. The maximum absolute atomic E-state index is 6.19. The lowest BCUT2D eigenvalue weighted by Gasteiger charge is -2.36. The lowest BCUT2D eigenvalue weighted by molar-refractivity contribution is 0.637. The zero-order valence-corrected chi connectivity index (χ0v) is 20.1. The Morgan fingerprint density at radius 3 is 2.12 bits per heavy atom. The molecule has 2 aromatic carbocycles. The van der Waals surface area contributed by atoms with Crippen molar-refractivity contribution in [2.24, 2.45) is 0 Å². The van der Waals surface area contributed by atoms with Crippen molar-refractivity contribution in [3.8, 4) is 11.4 Å². The molecule has 0 bridgehead atoms. The van der Waals surface area contributed by atoms with E-state index in [4.69, 9.17) is 26.6 Å². The Labute approximate surface area is 195 Å². The fraction of sp³-hybridized carbons (Fsp3) is 0.400. The Morgan fingerprint density at radius 2 is 1.50 bits per heavy atom. The molecule has 32 heavy (non-hydrogen) atoms. The first-order chi connectivity index (χ1) is 15.5. The highest BCUT2D eigenvalue weighted by molar-refractivity contribution is 6.30. The fourth-order valence-electron chi connectivity index (χ4n) is 4.21. The van der Waals surface area contributed by atoms with E-state index in [0.717, 1.165) is 73.3 Å². The fourth-order valence-corrected chi connectivity index (χ4v) is 4.40. The van der Waals surface area contributed by atoms with Gasteiger partial charge in [0.05, 0.1) is 0 Å². The molecule has 1 saturated heterocycles. The molecule has 2 heterocycles. The van der Waals surface area contributed by atoms with Gasteiger partial charge in [0, 0.05) is 55.5 Å². The number of piperazine rings is 1. The summed E-state index contributed by atoms with van der Waals surface area (Å²) in [6.07, 6.45) is 0. The standard InChI is InChI=1S/C25H31ClN6/c1-5-30(6-2)24-27-23(20-15-18(3)14-19(4)16-20)28-25(29-24)32-12-10-31(11-13-32)22-9-7-8-21(26)17-22/h7-9,14-17H,5-6,10-13H2,1-4H3. The van der Waals surface area contributed by atoms with Gasteiger partial charge in [0.25, 0.3) is 0 Å². The van der Waals surface area contributed by atoms with Crippen LogP contribution in [0.2, 0.25) is 5.02 Å². The third-order valence-corrected chi connectivity index (χ3v) is 6.11. The molecule has 0 N–H and O–H groups in total. The average molecular weight is 451 g/mol. The van der Waals surface area contributed by atoms with Crippen molar-refractivity contribution in [1.82, 2.24) is 15.0 Å². The molecule has 1 aromatic heterocycles. The van der Waals surface area contributed by atoms with Crippen LogP contribution >= 0.6 is 11.6 Å². The summed E-state index contributed by atoms with van der Waals surface area (Å²) in [5.41, 5.74) is 4.62. The van der Waals surface area contributed by atoms with Crippen LogP contribution in [-0.4, -0.2) is 54.2 Å². The van der Waals surface area contributed by atoms with E-state index in [0.29, 0.717) is 0 Å². The van der Waals surface area contributed by atoms with Gasteiger partial charge >= 0.3 is 0 Å². The molecule has 0 unspecified atom stereocenters. The van der Waals surface area contributed by atoms with E-state index >= 15 is 0 Å². The van der Waals surface area contributed by atoms with Crippen LogP contribution in [0.4, 0.5) is 17.6 Å². The summed E-state index contributed by atoms with van der Waals surface area (Å²) in [5, 5.41) is 0.768. The number of nitrogens with zero attached hydrogens (tertiary/aromatic N) is 6. The van der Waals surface area contributed by atoms with Gasteiger partial charge in [0.15, 0.2) is 5.82 Å². The third kappa shape index (κ3) is 4.96. The maximum Gasteiger partial charge on any atom is 0.230 e. The molecule has 168 valence electrons. The van der Waals surface area contributed by atoms with Crippen LogP contribution in [0.3, 0.4) is 0 Å². The van der Waals surface area contributed by atoms with Crippen molar-refractivity contribution in [2.45, 2.75) is 27.7 Å². The van der Waals surface area contributed by atoms with E-state index in [1.807, 2.05) is 18.2 Å². The number of rotatable bonds is 6. The lowest BCUT2D eigenvalue weighted by atomic mass is 10.1. The second-order valence-corrected chi connectivity index (χ2v) is 8.70. The summed E-state index contributed by atoms with van der Waals surface area (Å²) in [6, 6.07) is 14.5. The van der Waals surface area contributed by atoms with Crippen molar-refractivity contribution < 1.29 is 0 Å². The van der Waals surface area contributed by atoms with Gasteiger partial charge in [0.1, 0.15) is 0 Å². The van der Waals surface area contributed by atoms with Gasteiger partial charge in [-0.1, -0.05) is 34.9 Å². The quantitative estimate of drug-likeness (QED) is 0.527. The molecule has 6 nitrogen and oxygen atoms in total. The molecule has 1 aliphatic heterocycles. The smallest absolute Gasteiger partial charge is 0.230 e. The molecule has 0 saturated carbocycles. The van der Waals surface area contributed by atoms with Crippen LogP contribution in [0.25, 0.3) is 11.4 Å². The van der Waals surface area contributed by atoms with Crippen LogP contribution < -0.4 is 14.7 Å². The van der Waals surface area contributed by atoms with Crippen LogP contribution in [-0.2, 0) is 0 Å². The summed E-state index contributed by atoms with van der Waals surface area (Å²) in [4.78, 5) is 21.4. The highest BCUT2D eigenvalue weighted by Crippen LogP contribution is 2.26. The Kier molecular flexibility index (Phi) is 6.80. The second-order valence-electron chi connectivity index (χ2n) is 8.26. The molecule has 7 heteroatoms. The minimum absolute atomic E-state index is 0.737. The van der Waals surface area contributed by atoms with Gasteiger partial charge in [-0.2, -0.15) is 15.0 Å². The average Bonchev–Trinajstić information content (AvgIpc) is 2.79. The van der Waals surface area contributed by atoms with Gasteiger partial charge in [-0.05, 0) is 58.0 Å². The lowest BCUT2D eigenvalue weighted by Crippen LogP contribution is -2.47. The van der Waals surface area contributed by atoms with Crippen LogP contribution in [0.1, 0.15) is 25.0 Å². The first-order valence-electron chi connectivity index (χ1n) is 11.3. The van der Waals surface area contributed by atoms with Gasteiger partial charge in [0.2, 0.25) is 11.9 Å². The predicted octanol–water partition coefficient (Wildman–Crippen LogP) is 4.98. The number of hydrogen-bond donors (Lipinski definition) is 0. The molecular weight excluding hydrogens is 420 g/mol. The van der Waals surface area contributed by atoms with E-state index < -0.39 is 0 Å². The number of aryl methyl sites for hydroxylation is 2. The topological polar surface area (TPSA) is 48.4 Å². The highest BCUT2D eigenvalue weighted by Gasteiger charge is 2.22. The molecule has 4 rings (SSSR count). The molecule has 1 fully saturated rings. The molecular formula is C25H31ClN6. The number of halogens is 1. The van der Waals surface area contributed by atoms with Crippen molar-refractivity contribution >= 4 is 29.2 Å². The van der Waals surface area contributed by atoms with Crippen LogP contribution in [0, 0.1) is 13.8 Å². The van der Waals surface area contributed by atoms with Crippen molar-refractivity contribution in [3.63, 3.8) is 0 Å². The monoisotopic (exact) mass is 450 g/mol. The number of benzene rings is 2. The Morgan fingerprint density at radius 1 is 0.844 bits per heavy atom. The van der Waals surface area contributed by atoms with E-state index in [9.17, 15) is 0 Å². The van der Waals surface area contributed by atoms with E-state index in [1.165, 1.54) is 11.1 Å². The molecule has 0 spiro atoms. The Hall–Kier alpha value is -2.86. The van der Waals surface area contributed by atoms with E-state index in [2.05, 4.69) is 66.7 Å².